The van der Waals surface area contributed by atoms with Gasteiger partial charge < -0.3 is 24.8 Å². The number of hydrogen-bond donors (Lipinski definition) is 2. The van der Waals surface area contributed by atoms with Crippen molar-refractivity contribution in [1.82, 2.24) is 14.7 Å². The van der Waals surface area contributed by atoms with Gasteiger partial charge in [-0.05, 0) is 30.9 Å². The maximum Gasteiger partial charge on any atom is 0.387 e. The molecule has 38 heavy (non-hydrogen) atoms. The second kappa shape index (κ2) is 12.4. The van der Waals surface area contributed by atoms with E-state index in [-0.39, 0.29) is 48.2 Å². The van der Waals surface area contributed by atoms with E-state index in [2.05, 4.69) is 15.2 Å². The summed E-state index contributed by atoms with van der Waals surface area (Å²) in [5.41, 5.74) is -0.543. The summed E-state index contributed by atoms with van der Waals surface area (Å²) in [6.07, 6.45) is 1.87. The summed E-state index contributed by atoms with van der Waals surface area (Å²) in [5, 5.41) is 25.8. The molecule has 1 fully saturated rings. The molecule has 1 aliphatic rings. The van der Waals surface area contributed by atoms with Crippen LogP contribution in [0.3, 0.4) is 0 Å². The summed E-state index contributed by atoms with van der Waals surface area (Å²) < 4.78 is 37.8. The summed E-state index contributed by atoms with van der Waals surface area (Å²) in [6.45, 7) is 1.57. The Hall–Kier alpha value is -3.43. The molecule has 206 valence electrons. The van der Waals surface area contributed by atoms with E-state index in [1.54, 1.807) is 4.68 Å². The molecule has 1 amide bonds. The minimum atomic E-state index is -3.13. The van der Waals surface area contributed by atoms with Crippen LogP contribution >= 0.6 is 11.6 Å². The Kier molecular flexibility index (Phi) is 9.51. The summed E-state index contributed by atoms with van der Waals surface area (Å²) in [7, 11) is 1.51. The van der Waals surface area contributed by atoms with Crippen LogP contribution in [0.25, 0.3) is 0 Å². The number of amides is 1. The normalized spacial score (nSPS) is 16.2. The quantitative estimate of drug-likeness (QED) is 0.421. The molecule has 0 spiro atoms. The number of carboxylic acid groups (broad SMARTS) is 1. The second-order valence-electron chi connectivity index (χ2n) is 9.37. The number of methoxy groups -OCH3 is 1. The monoisotopic (exact) mass is 553 g/mol. The van der Waals surface area contributed by atoms with Crippen LogP contribution in [0.1, 0.15) is 44.7 Å². The average Bonchev–Trinajstić information content (AvgIpc) is 3.30. The van der Waals surface area contributed by atoms with Gasteiger partial charge >= 0.3 is 12.6 Å². The zero-order valence-electron chi connectivity index (χ0n) is 21.3. The van der Waals surface area contributed by atoms with Crippen molar-refractivity contribution in [1.29, 1.82) is 5.26 Å². The summed E-state index contributed by atoms with van der Waals surface area (Å²) >= 11 is 5.95. The Morgan fingerprint density at radius 1 is 1.29 bits per heavy atom. The van der Waals surface area contributed by atoms with Crippen LogP contribution in [0.2, 0.25) is 5.02 Å². The fourth-order valence-electron chi connectivity index (χ4n) is 4.69. The maximum atomic E-state index is 14.0. The minimum absolute atomic E-state index is 0.0201. The second-order valence-corrected chi connectivity index (χ2v) is 9.80. The number of alkyl halides is 2. The predicted molar refractivity (Wildman–Crippen MR) is 135 cm³/mol. The van der Waals surface area contributed by atoms with E-state index in [0.717, 1.165) is 0 Å². The highest BCUT2D eigenvalue weighted by molar-refractivity contribution is 6.30. The van der Waals surface area contributed by atoms with Gasteiger partial charge in [0.25, 0.3) is 5.91 Å². The van der Waals surface area contributed by atoms with Crippen LogP contribution in [0.5, 0.6) is 11.5 Å². The number of carboxylic acids is 1. The molecule has 0 aliphatic carbocycles. The summed E-state index contributed by atoms with van der Waals surface area (Å²) in [4.78, 5) is 27.4. The molecule has 10 nitrogen and oxygen atoms in total. The summed E-state index contributed by atoms with van der Waals surface area (Å²) in [6, 6.07) is 5.92. The molecular formula is C25H30ClF2N5O5. The average molecular weight is 554 g/mol. The Morgan fingerprint density at radius 3 is 2.53 bits per heavy atom. The van der Waals surface area contributed by atoms with Gasteiger partial charge in [-0.15, -0.1) is 0 Å². The smallest absolute Gasteiger partial charge is 0.387 e. The number of carbonyl (C=O) groups excluding carboxylic acids is 1. The number of ether oxygens (including phenoxy) is 2. The zero-order chi connectivity index (χ0) is 28.0. The fourth-order valence-corrected chi connectivity index (χ4v) is 4.86. The van der Waals surface area contributed by atoms with Crippen LogP contribution in [-0.4, -0.2) is 65.0 Å². The molecule has 1 aromatic carbocycles. The standard InChI is InChI=1S/C25H30ClF2N5O5/c1-15(2)21-20(37-3)13-30-33(21)25(7-10-32(11-8-25)14-16(6-9-29)22(34)35)23(36)31-18-5-4-17(26)12-19(18)38-24(27)28/h4-5,12-13,15-16,24H,6-8,10-11,14H2,1-3H3,(H,31,36)(H,34,35)/t16-/m0/s1. The molecule has 1 atom stereocenters. The Morgan fingerprint density at radius 2 is 1.97 bits per heavy atom. The first-order valence-electron chi connectivity index (χ1n) is 12.0. The van der Waals surface area contributed by atoms with E-state index in [1.807, 2.05) is 24.8 Å². The number of likely N-dealkylation sites (tertiary alicyclic amines) is 1. The number of hydrogen-bond acceptors (Lipinski definition) is 7. The van der Waals surface area contributed by atoms with Gasteiger partial charge in [0.2, 0.25) is 0 Å². The van der Waals surface area contributed by atoms with Gasteiger partial charge in [-0.25, -0.2) is 4.68 Å². The lowest BCUT2D eigenvalue weighted by Gasteiger charge is -2.42. The van der Waals surface area contributed by atoms with Gasteiger partial charge in [-0.2, -0.15) is 19.1 Å². The first-order chi connectivity index (χ1) is 18.0. The number of piperidine rings is 1. The highest BCUT2D eigenvalue weighted by atomic mass is 35.5. The van der Waals surface area contributed by atoms with Gasteiger partial charge in [0.1, 0.15) is 5.54 Å². The van der Waals surface area contributed by atoms with Crippen molar-refractivity contribution in [3.8, 4) is 17.6 Å². The van der Waals surface area contributed by atoms with Crippen molar-refractivity contribution in [2.75, 3.05) is 32.1 Å². The molecule has 2 N–H and O–H groups in total. The van der Waals surface area contributed by atoms with Crippen LogP contribution in [0, 0.1) is 17.2 Å². The van der Waals surface area contributed by atoms with E-state index in [4.69, 9.17) is 21.6 Å². The number of rotatable bonds is 11. The zero-order valence-corrected chi connectivity index (χ0v) is 22.0. The highest BCUT2D eigenvalue weighted by Gasteiger charge is 2.46. The molecule has 2 aromatic rings. The molecular weight excluding hydrogens is 524 g/mol. The third-order valence-corrected chi connectivity index (χ3v) is 6.86. The minimum Gasteiger partial charge on any atom is -0.493 e. The maximum absolute atomic E-state index is 14.0. The van der Waals surface area contributed by atoms with Crippen molar-refractivity contribution in [3.63, 3.8) is 0 Å². The van der Waals surface area contributed by atoms with Gasteiger partial charge in [0.05, 0.1) is 36.7 Å². The third kappa shape index (κ3) is 6.34. The number of nitrogens with zero attached hydrogens (tertiary/aromatic N) is 4. The lowest BCUT2D eigenvalue weighted by molar-refractivity contribution is -0.142. The number of carbonyl (C=O) groups is 2. The van der Waals surface area contributed by atoms with Gasteiger partial charge in [-0.3, -0.25) is 9.59 Å². The molecule has 1 aromatic heterocycles. The van der Waals surface area contributed by atoms with Gasteiger partial charge in [0.15, 0.2) is 11.5 Å². The number of aliphatic carboxylic acids is 1. The lowest BCUT2D eigenvalue weighted by atomic mass is 9.85. The molecule has 1 saturated heterocycles. The highest BCUT2D eigenvalue weighted by Crippen LogP contribution is 2.39. The predicted octanol–water partition coefficient (Wildman–Crippen LogP) is 4.31. The van der Waals surface area contributed by atoms with Crippen molar-refractivity contribution in [2.45, 2.75) is 51.2 Å². The SMILES string of the molecule is COc1cnn(C2(C(=O)Nc3ccc(Cl)cc3OC(F)F)CCN(C[C@H](CC#N)C(=O)O)CC2)c1C(C)C. The number of halogens is 3. The van der Waals surface area contributed by atoms with Crippen LogP contribution in [-0.2, 0) is 15.1 Å². The molecule has 0 unspecified atom stereocenters. The van der Waals surface area contributed by atoms with Crippen molar-refractivity contribution < 1.29 is 33.0 Å². The Bertz CT molecular complexity index is 1190. The fraction of sp³-hybridized carbons (Fsp3) is 0.520. The number of benzene rings is 1. The number of nitriles is 1. The molecule has 13 heteroatoms. The van der Waals surface area contributed by atoms with E-state index in [0.29, 0.717) is 24.5 Å². The number of anilines is 1. The topological polar surface area (TPSA) is 130 Å². The van der Waals surface area contributed by atoms with Crippen LogP contribution < -0.4 is 14.8 Å². The number of aromatic nitrogens is 2. The Balaban J connectivity index is 1.98. The molecule has 0 saturated carbocycles. The van der Waals surface area contributed by atoms with E-state index in [1.165, 1.54) is 31.5 Å². The Labute approximate surface area is 224 Å². The van der Waals surface area contributed by atoms with E-state index < -0.39 is 29.9 Å². The van der Waals surface area contributed by atoms with Crippen molar-refractivity contribution >= 4 is 29.2 Å². The molecule has 0 bridgehead atoms. The summed E-state index contributed by atoms with van der Waals surface area (Å²) in [5.74, 6) is -2.28. The largest absolute Gasteiger partial charge is 0.493 e. The van der Waals surface area contributed by atoms with Gasteiger partial charge in [-0.1, -0.05) is 25.4 Å². The van der Waals surface area contributed by atoms with E-state index >= 15 is 0 Å². The van der Waals surface area contributed by atoms with Crippen molar-refractivity contribution in [2.24, 2.45) is 5.92 Å². The van der Waals surface area contributed by atoms with Crippen LogP contribution in [0.4, 0.5) is 14.5 Å². The molecule has 0 radical (unpaired) electrons. The third-order valence-electron chi connectivity index (χ3n) is 6.62. The van der Waals surface area contributed by atoms with Crippen molar-refractivity contribution in [3.05, 3.63) is 35.1 Å². The number of nitrogens with one attached hydrogen (secondary N) is 1. The first-order valence-corrected chi connectivity index (χ1v) is 12.4. The molecule has 3 rings (SSSR count). The first kappa shape index (κ1) is 29.1. The molecule has 1 aliphatic heterocycles. The van der Waals surface area contributed by atoms with Gasteiger partial charge in [0, 0.05) is 37.1 Å². The molecule has 2 heterocycles. The van der Waals surface area contributed by atoms with E-state index in [9.17, 15) is 23.5 Å². The lowest BCUT2D eigenvalue weighted by Crippen LogP contribution is -2.55. The van der Waals surface area contributed by atoms with Crippen LogP contribution in [0.15, 0.2) is 24.4 Å².